The van der Waals surface area contributed by atoms with E-state index in [9.17, 15) is 0 Å². The van der Waals surface area contributed by atoms with Crippen molar-refractivity contribution in [2.75, 3.05) is 24.4 Å². The van der Waals surface area contributed by atoms with Gasteiger partial charge in [0.2, 0.25) is 0 Å². The minimum atomic E-state index is 0.420. The maximum Gasteiger partial charge on any atom is 0.158 e. The Morgan fingerprint density at radius 2 is 1.90 bits per heavy atom. The molecular formula is C15H18N4O. The third kappa shape index (κ3) is 2.44. The van der Waals surface area contributed by atoms with Crippen LogP contribution in [0.25, 0.3) is 0 Å². The Hall–Kier alpha value is -2.14. The first-order valence-electron chi connectivity index (χ1n) is 6.66. The van der Waals surface area contributed by atoms with Gasteiger partial charge in [-0.1, -0.05) is 24.3 Å². The van der Waals surface area contributed by atoms with Crippen molar-refractivity contribution < 1.29 is 4.74 Å². The average molecular weight is 270 g/mol. The Bertz CT molecular complexity index is 590. The lowest BCUT2D eigenvalue weighted by atomic mass is 10.1. The molecule has 2 aromatic rings. The molecular weight excluding hydrogens is 252 g/mol. The Balaban J connectivity index is 1.89. The molecule has 0 saturated carbocycles. The number of nitrogens with one attached hydrogen (secondary N) is 1. The van der Waals surface area contributed by atoms with Crippen molar-refractivity contribution in [3.8, 4) is 0 Å². The Kier molecular flexibility index (Phi) is 3.52. The molecule has 1 aliphatic heterocycles. The molecule has 0 spiro atoms. The fourth-order valence-corrected chi connectivity index (χ4v) is 2.46. The molecule has 1 aliphatic rings. The zero-order chi connectivity index (χ0) is 13.9. The fraction of sp³-hybridized carbons (Fsp3) is 0.333. The molecule has 104 valence electrons. The van der Waals surface area contributed by atoms with E-state index in [0.717, 1.165) is 24.7 Å². The van der Waals surface area contributed by atoms with Crippen LogP contribution < -0.4 is 10.2 Å². The summed E-state index contributed by atoms with van der Waals surface area (Å²) < 4.78 is 5.14. The number of hydrogen-bond donors (Lipinski definition) is 1. The number of benzene rings is 1. The summed E-state index contributed by atoms with van der Waals surface area (Å²) in [5.74, 6) is 2.45. The summed E-state index contributed by atoms with van der Waals surface area (Å²) in [6.45, 7) is 2.20. The number of anilines is 2. The van der Waals surface area contributed by atoms with Gasteiger partial charge in [0.25, 0.3) is 0 Å². The van der Waals surface area contributed by atoms with E-state index in [2.05, 4.69) is 44.5 Å². The maximum absolute atomic E-state index is 5.14. The second-order valence-electron chi connectivity index (χ2n) is 4.84. The summed E-state index contributed by atoms with van der Waals surface area (Å²) in [7, 11) is 3.52. The van der Waals surface area contributed by atoms with E-state index in [0.29, 0.717) is 12.4 Å². The van der Waals surface area contributed by atoms with Gasteiger partial charge in [-0.05, 0) is 11.1 Å². The van der Waals surface area contributed by atoms with Gasteiger partial charge in [0.1, 0.15) is 18.2 Å². The summed E-state index contributed by atoms with van der Waals surface area (Å²) in [6.07, 6.45) is 0. The van der Waals surface area contributed by atoms with Crippen molar-refractivity contribution in [3.63, 3.8) is 0 Å². The van der Waals surface area contributed by atoms with Gasteiger partial charge < -0.3 is 15.0 Å². The van der Waals surface area contributed by atoms with Gasteiger partial charge in [-0.3, -0.25) is 0 Å². The van der Waals surface area contributed by atoms with Gasteiger partial charge in [0.15, 0.2) is 5.82 Å². The van der Waals surface area contributed by atoms with Crippen LogP contribution >= 0.6 is 0 Å². The number of nitrogens with zero attached hydrogens (tertiary/aromatic N) is 3. The van der Waals surface area contributed by atoms with Crippen LogP contribution in [0, 0.1) is 0 Å². The highest BCUT2D eigenvalue weighted by atomic mass is 16.5. The minimum absolute atomic E-state index is 0.420. The predicted molar refractivity (Wildman–Crippen MR) is 78.6 cm³/mol. The number of ether oxygens (including phenoxy) is 1. The van der Waals surface area contributed by atoms with Crippen molar-refractivity contribution in [3.05, 3.63) is 47.3 Å². The number of rotatable bonds is 4. The molecule has 5 heteroatoms. The first kappa shape index (κ1) is 12.9. The van der Waals surface area contributed by atoms with Crippen LogP contribution in [-0.4, -0.2) is 24.1 Å². The molecule has 1 N–H and O–H groups in total. The number of fused-ring (bicyclic) bond motifs is 1. The van der Waals surface area contributed by atoms with Crippen LogP contribution in [0.3, 0.4) is 0 Å². The molecule has 20 heavy (non-hydrogen) atoms. The third-order valence-corrected chi connectivity index (χ3v) is 3.45. The predicted octanol–water partition coefficient (Wildman–Crippen LogP) is 2.18. The molecule has 1 aromatic carbocycles. The number of methoxy groups -OCH3 is 1. The highest BCUT2D eigenvalue weighted by Gasteiger charge is 2.20. The minimum Gasteiger partial charge on any atom is -0.377 e. The molecule has 0 unspecified atom stereocenters. The largest absolute Gasteiger partial charge is 0.377 e. The molecule has 3 rings (SSSR count). The van der Waals surface area contributed by atoms with Gasteiger partial charge in [-0.15, -0.1) is 0 Å². The van der Waals surface area contributed by atoms with Gasteiger partial charge in [-0.25, -0.2) is 9.97 Å². The van der Waals surface area contributed by atoms with E-state index in [1.54, 1.807) is 7.11 Å². The summed E-state index contributed by atoms with van der Waals surface area (Å²) in [5.41, 5.74) is 2.73. The van der Waals surface area contributed by atoms with Crippen LogP contribution in [0.15, 0.2) is 30.3 Å². The Morgan fingerprint density at radius 3 is 2.50 bits per heavy atom. The second-order valence-corrected chi connectivity index (χ2v) is 4.84. The third-order valence-electron chi connectivity index (χ3n) is 3.45. The quantitative estimate of drug-likeness (QED) is 0.923. The summed E-state index contributed by atoms with van der Waals surface area (Å²) in [4.78, 5) is 11.2. The van der Waals surface area contributed by atoms with Crippen LogP contribution in [0.5, 0.6) is 0 Å². The van der Waals surface area contributed by atoms with Crippen LogP contribution in [0.4, 0.5) is 11.6 Å². The smallest absolute Gasteiger partial charge is 0.158 e. The lowest BCUT2D eigenvalue weighted by molar-refractivity contribution is 0.178. The molecule has 1 aromatic heterocycles. The first-order valence-corrected chi connectivity index (χ1v) is 6.66. The van der Waals surface area contributed by atoms with Crippen LogP contribution in [0.1, 0.15) is 17.0 Å². The number of hydrogen-bond acceptors (Lipinski definition) is 5. The lowest BCUT2D eigenvalue weighted by Gasteiger charge is -2.18. The van der Waals surface area contributed by atoms with Crippen molar-refractivity contribution in [2.24, 2.45) is 0 Å². The van der Waals surface area contributed by atoms with Gasteiger partial charge in [0, 0.05) is 33.3 Å². The van der Waals surface area contributed by atoms with Gasteiger partial charge >= 0.3 is 0 Å². The molecule has 0 fully saturated rings. The second kappa shape index (κ2) is 5.46. The highest BCUT2D eigenvalue weighted by molar-refractivity contribution is 5.52. The van der Waals surface area contributed by atoms with Gasteiger partial charge in [-0.2, -0.15) is 0 Å². The maximum atomic E-state index is 5.14. The average Bonchev–Trinajstić information content (AvgIpc) is 2.91. The lowest BCUT2D eigenvalue weighted by Crippen LogP contribution is -2.17. The SMILES string of the molecule is CNc1cc(N2Cc3ccccc3C2)nc(COC)n1. The first-order chi connectivity index (χ1) is 9.80. The van der Waals surface area contributed by atoms with E-state index < -0.39 is 0 Å². The van der Waals surface area contributed by atoms with E-state index in [1.807, 2.05) is 13.1 Å². The molecule has 0 saturated heterocycles. The van der Waals surface area contributed by atoms with Crippen molar-refractivity contribution in [1.82, 2.24) is 9.97 Å². The zero-order valence-corrected chi connectivity index (χ0v) is 11.8. The fourth-order valence-electron chi connectivity index (χ4n) is 2.46. The monoisotopic (exact) mass is 270 g/mol. The molecule has 0 aliphatic carbocycles. The number of aromatic nitrogens is 2. The molecule has 0 bridgehead atoms. The normalized spacial score (nSPS) is 13.4. The van der Waals surface area contributed by atoms with E-state index >= 15 is 0 Å². The Morgan fingerprint density at radius 1 is 1.20 bits per heavy atom. The summed E-state index contributed by atoms with van der Waals surface area (Å²) in [5, 5.41) is 3.08. The van der Waals surface area contributed by atoms with Gasteiger partial charge in [0.05, 0.1) is 0 Å². The summed E-state index contributed by atoms with van der Waals surface area (Å²) >= 11 is 0. The van der Waals surface area contributed by atoms with E-state index in [-0.39, 0.29) is 0 Å². The zero-order valence-electron chi connectivity index (χ0n) is 11.8. The molecule has 2 heterocycles. The van der Waals surface area contributed by atoms with Crippen molar-refractivity contribution in [2.45, 2.75) is 19.7 Å². The molecule has 5 nitrogen and oxygen atoms in total. The van der Waals surface area contributed by atoms with Crippen molar-refractivity contribution >= 4 is 11.6 Å². The van der Waals surface area contributed by atoms with E-state index in [1.165, 1.54) is 11.1 Å². The van der Waals surface area contributed by atoms with Crippen molar-refractivity contribution in [1.29, 1.82) is 0 Å². The molecule has 0 radical (unpaired) electrons. The van der Waals surface area contributed by atoms with Crippen LogP contribution in [-0.2, 0) is 24.4 Å². The molecule has 0 amide bonds. The topological polar surface area (TPSA) is 50.3 Å². The Labute approximate surface area is 118 Å². The molecule has 0 atom stereocenters. The standard InChI is InChI=1S/C15H18N4O/c1-16-13-7-15(18-14(17-13)10-20-2)19-8-11-5-3-4-6-12(11)9-19/h3-7H,8-10H2,1-2H3,(H,16,17,18). The highest BCUT2D eigenvalue weighted by Crippen LogP contribution is 2.27. The van der Waals surface area contributed by atoms with E-state index in [4.69, 9.17) is 4.74 Å². The van der Waals surface area contributed by atoms with Crippen LogP contribution in [0.2, 0.25) is 0 Å². The summed E-state index contributed by atoms with van der Waals surface area (Å²) in [6, 6.07) is 10.5.